The first kappa shape index (κ1) is 41.1. The number of hydrogen-bond acceptors (Lipinski definition) is 8. The summed E-state index contributed by atoms with van der Waals surface area (Å²) < 4.78 is 13.1. The first-order valence-corrected chi connectivity index (χ1v) is 20.2. The standard InChI is InChI=1S/C45H56N6O7/c1-44(2,3)56-35-26-51-37(38(35)57-45(4,5)6)36-39(58-51)43(55)50-34(23-29-24-46-32-20-14-13-19-31(29)32)41(53)49-33(22-28-17-11-8-12-18-28)40(52)48-30(25-47-42(36)54)21-27-15-9-7-10-16-27/h7-20,24,30,33-39,46H,21-23,25-26H2,1-6H3,(H,47,54)(H,48,52)(H,49,53)(H,50,55)/t30-,33+,34+,35-,36+,37-,38+,39-/m1/s1. The summed E-state index contributed by atoms with van der Waals surface area (Å²) in [7, 11) is 0. The molecule has 3 aliphatic rings. The molecule has 58 heavy (non-hydrogen) atoms. The van der Waals surface area contributed by atoms with Crippen LogP contribution in [0, 0.1) is 5.92 Å². The van der Waals surface area contributed by atoms with Crippen LogP contribution in [0.5, 0.6) is 0 Å². The zero-order chi connectivity index (χ0) is 41.2. The normalized spacial score (nSPS) is 27.6. The van der Waals surface area contributed by atoms with Crippen molar-refractivity contribution < 1.29 is 33.5 Å². The lowest BCUT2D eigenvalue weighted by molar-refractivity contribution is -0.175. The molecule has 308 valence electrons. The molecular weight excluding hydrogens is 737 g/mol. The Bertz CT molecular complexity index is 2080. The van der Waals surface area contributed by atoms with Gasteiger partial charge in [-0.2, -0.15) is 5.06 Å². The molecule has 3 saturated heterocycles. The van der Waals surface area contributed by atoms with E-state index in [1.54, 1.807) is 5.06 Å². The highest BCUT2D eigenvalue weighted by Gasteiger charge is 2.61. The molecule has 0 bridgehead atoms. The highest BCUT2D eigenvalue weighted by Crippen LogP contribution is 2.41. The molecule has 13 heteroatoms. The minimum absolute atomic E-state index is 0.0545. The molecule has 5 N–H and O–H groups in total. The molecule has 3 fully saturated rings. The summed E-state index contributed by atoms with van der Waals surface area (Å²) in [6.07, 6.45) is 0.117. The number of aromatic amines is 1. The van der Waals surface area contributed by atoms with Gasteiger partial charge in [-0.3, -0.25) is 24.0 Å². The number of nitrogens with one attached hydrogen (secondary N) is 5. The van der Waals surface area contributed by atoms with E-state index in [-0.39, 0.29) is 25.9 Å². The van der Waals surface area contributed by atoms with E-state index >= 15 is 0 Å². The fourth-order valence-corrected chi connectivity index (χ4v) is 8.32. The van der Waals surface area contributed by atoms with E-state index in [0.29, 0.717) is 6.42 Å². The van der Waals surface area contributed by atoms with Crippen molar-refractivity contribution >= 4 is 34.5 Å². The van der Waals surface area contributed by atoms with Crippen LogP contribution in [0.2, 0.25) is 0 Å². The van der Waals surface area contributed by atoms with Crippen molar-refractivity contribution in [2.45, 2.75) is 114 Å². The van der Waals surface area contributed by atoms with E-state index in [4.69, 9.17) is 14.3 Å². The second-order valence-electron chi connectivity index (χ2n) is 17.6. The number of rotatable bonds is 8. The molecule has 0 saturated carbocycles. The van der Waals surface area contributed by atoms with Gasteiger partial charge in [-0.25, -0.2) is 0 Å². The molecule has 1 aromatic heterocycles. The smallest absolute Gasteiger partial charge is 0.252 e. The van der Waals surface area contributed by atoms with Gasteiger partial charge in [0.1, 0.15) is 24.3 Å². The van der Waals surface area contributed by atoms with Gasteiger partial charge in [0.25, 0.3) is 5.91 Å². The molecular formula is C45H56N6O7. The third-order valence-electron chi connectivity index (χ3n) is 10.7. The first-order chi connectivity index (χ1) is 27.6. The Morgan fingerprint density at radius 3 is 1.93 bits per heavy atom. The number of H-pyrrole nitrogens is 1. The molecule has 8 atom stereocenters. The van der Waals surface area contributed by atoms with Crippen molar-refractivity contribution in [1.82, 2.24) is 31.3 Å². The molecule has 4 amide bonds. The fourth-order valence-electron chi connectivity index (χ4n) is 8.32. The van der Waals surface area contributed by atoms with Crippen molar-refractivity contribution in [1.29, 1.82) is 0 Å². The van der Waals surface area contributed by atoms with Crippen molar-refractivity contribution in [3.05, 3.63) is 108 Å². The number of amides is 4. The van der Waals surface area contributed by atoms with Gasteiger partial charge in [-0.15, -0.1) is 0 Å². The van der Waals surface area contributed by atoms with Gasteiger partial charge in [0.15, 0.2) is 6.10 Å². The molecule has 3 aromatic carbocycles. The first-order valence-electron chi connectivity index (χ1n) is 20.2. The van der Waals surface area contributed by atoms with Crippen LogP contribution in [0.15, 0.2) is 91.1 Å². The van der Waals surface area contributed by atoms with Gasteiger partial charge >= 0.3 is 0 Å². The second-order valence-corrected chi connectivity index (χ2v) is 17.6. The number of ether oxygens (including phenoxy) is 2. The quantitative estimate of drug-likeness (QED) is 0.180. The van der Waals surface area contributed by atoms with Crippen molar-refractivity contribution in [3.63, 3.8) is 0 Å². The molecule has 0 unspecified atom stereocenters. The molecule has 4 heterocycles. The van der Waals surface area contributed by atoms with Crippen molar-refractivity contribution in [2.24, 2.45) is 5.92 Å². The summed E-state index contributed by atoms with van der Waals surface area (Å²) in [6, 6.07) is 23.4. The third kappa shape index (κ3) is 9.78. The molecule has 13 nitrogen and oxygen atoms in total. The van der Waals surface area contributed by atoms with Gasteiger partial charge in [0.05, 0.1) is 35.7 Å². The lowest BCUT2D eigenvalue weighted by atomic mass is 9.88. The maximum atomic E-state index is 14.7. The van der Waals surface area contributed by atoms with E-state index in [9.17, 15) is 19.2 Å². The summed E-state index contributed by atoms with van der Waals surface area (Å²) in [4.78, 5) is 68.0. The number of benzene rings is 3. The monoisotopic (exact) mass is 792 g/mol. The number of nitrogens with zero attached hydrogens (tertiary/aromatic N) is 1. The van der Waals surface area contributed by atoms with Crippen LogP contribution in [-0.4, -0.2) is 100 Å². The Labute approximate surface area is 339 Å². The Morgan fingerprint density at radius 2 is 1.26 bits per heavy atom. The van der Waals surface area contributed by atoms with Crippen LogP contribution in [0.1, 0.15) is 58.2 Å². The van der Waals surface area contributed by atoms with E-state index in [2.05, 4.69) is 26.3 Å². The topological polar surface area (TPSA) is 163 Å². The Balaban J connectivity index is 1.27. The summed E-state index contributed by atoms with van der Waals surface area (Å²) in [5, 5.41) is 14.7. The SMILES string of the molecule is CC(C)(C)O[C@@H]1[C@H]2[C@@H]3C(=O)NC[C@@H](Cc4ccccc4)NC(=O)[C@H](Cc4ccccc4)NC(=O)[C@H](Cc4c[nH]c5ccccc45)NC(=O)[C@@H]3ON2C[C@H]1OC(C)(C)C. The average molecular weight is 793 g/mol. The number of carbonyl (C=O) groups is 4. The van der Waals surface area contributed by atoms with Crippen LogP contribution in [0.25, 0.3) is 10.9 Å². The van der Waals surface area contributed by atoms with Gasteiger partial charge in [-0.1, -0.05) is 78.9 Å². The summed E-state index contributed by atoms with van der Waals surface area (Å²) >= 11 is 0. The molecule has 0 aliphatic carbocycles. The highest BCUT2D eigenvalue weighted by atomic mass is 16.7. The zero-order valence-corrected chi connectivity index (χ0v) is 34.1. The fraction of sp³-hybridized carbons (Fsp3) is 0.467. The maximum absolute atomic E-state index is 14.7. The van der Waals surface area contributed by atoms with Crippen LogP contribution >= 0.6 is 0 Å². The van der Waals surface area contributed by atoms with Gasteiger partial charge in [0.2, 0.25) is 17.7 Å². The van der Waals surface area contributed by atoms with Crippen LogP contribution in [0.4, 0.5) is 0 Å². The molecule has 4 aromatic rings. The summed E-state index contributed by atoms with van der Waals surface area (Å²) in [5.41, 5.74) is 2.32. The van der Waals surface area contributed by atoms with E-state index in [1.165, 1.54) is 0 Å². The number of para-hydroxylation sites is 1. The Hall–Kier alpha value is -5.08. The van der Waals surface area contributed by atoms with Crippen LogP contribution in [0.3, 0.4) is 0 Å². The van der Waals surface area contributed by atoms with Gasteiger partial charge in [0, 0.05) is 36.5 Å². The molecule has 3 aliphatic heterocycles. The zero-order valence-electron chi connectivity index (χ0n) is 34.1. The van der Waals surface area contributed by atoms with Crippen molar-refractivity contribution in [3.8, 4) is 0 Å². The summed E-state index contributed by atoms with van der Waals surface area (Å²) in [5.74, 6) is -3.07. The third-order valence-corrected chi connectivity index (χ3v) is 10.7. The number of hydrogen-bond donors (Lipinski definition) is 5. The van der Waals surface area contributed by atoms with Crippen molar-refractivity contribution in [2.75, 3.05) is 13.1 Å². The van der Waals surface area contributed by atoms with E-state index in [1.807, 2.05) is 133 Å². The number of hydroxylamine groups is 2. The largest absolute Gasteiger partial charge is 0.368 e. The number of carbonyl (C=O) groups excluding carboxylic acids is 4. The second kappa shape index (κ2) is 17.0. The Morgan fingerprint density at radius 1 is 0.672 bits per heavy atom. The molecule has 0 spiro atoms. The molecule has 0 radical (unpaired) electrons. The van der Waals surface area contributed by atoms with Crippen LogP contribution < -0.4 is 21.3 Å². The average Bonchev–Trinajstić information content (AvgIpc) is 3.84. The Kier molecular flexibility index (Phi) is 12.1. The van der Waals surface area contributed by atoms with Gasteiger partial charge < -0.3 is 35.7 Å². The summed E-state index contributed by atoms with van der Waals surface area (Å²) in [6.45, 7) is 12.0. The minimum Gasteiger partial charge on any atom is -0.368 e. The lowest BCUT2D eigenvalue weighted by Crippen LogP contribution is -2.60. The lowest BCUT2D eigenvalue weighted by Gasteiger charge is -2.36. The highest BCUT2D eigenvalue weighted by molar-refractivity contribution is 5.96. The number of fused-ring (bicyclic) bond motifs is 4. The van der Waals surface area contributed by atoms with E-state index < -0.39 is 83.2 Å². The predicted octanol–water partition coefficient (Wildman–Crippen LogP) is 3.76. The van der Waals surface area contributed by atoms with Gasteiger partial charge in [-0.05, 0) is 70.7 Å². The van der Waals surface area contributed by atoms with Crippen LogP contribution in [-0.2, 0) is 52.8 Å². The molecule has 7 rings (SSSR count). The maximum Gasteiger partial charge on any atom is 0.252 e. The van der Waals surface area contributed by atoms with E-state index in [0.717, 1.165) is 27.6 Å². The number of aromatic nitrogens is 1. The minimum atomic E-state index is -1.30. The predicted molar refractivity (Wildman–Crippen MR) is 219 cm³/mol.